The Balaban J connectivity index is 2.28. The van der Waals surface area contributed by atoms with Crippen molar-refractivity contribution in [1.82, 2.24) is 4.90 Å². The van der Waals surface area contributed by atoms with Crippen LogP contribution in [0.15, 0.2) is 23.1 Å². The van der Waals surface area contributed by atoms with Gasteiger partial charge in [-0.1, -0.05) is 0 Å². The molecule has 2 amide bonds. The lowest BCUT2D eigenvalue weighted by Gasteiger charge is -2.12. The van der Waals surface area contributed by atoms with Crippen LogP contribution in [0.3, 0.4) is 0 Å². The summed E-state index contributed by atoms with van der Waals surface area (Å²) in [7, 11) is 3.00. The first-order valence-corrected chi connectivity index (χ1v) is 7.45. The minimum absolute atomic E-state index is 0.194. The van der Waals surface area contributed by atoms with E-state index in [9.17, 15) is 19.5 Å². The molecule has 0 spiro atoms. The molecule has 1 aliphatic rings. The minimum atomic E-state index is -1.32. The molecular formula is C15H14NO6S-. The van der Waals surface area contributed by atoms with Crippen LogP contribution >= 0.6 is 11.8 Å². The number of carbonyl (C=O) groups is 3. The second-order valence-corrected chi connectivity index (χ2v) is 5.56. The van der Waals surface area contributed by atoms with Gasteiger partial charge in [0.15, 0.2) is 0 Å². The van der Waals surface area contributed by atoms with Crippen LogP contribution in [-0.4, -0.2) is 42.8 Å². The number of imide groups is 1. The highest BCUT2D eigenvalue weighted by Gasteiger charge is 2.34. The third-order valence-corrected chi connectivity index (χ3v) is 4.04. The van der Waals surface area contributed by atoms with Gasteiger partial charge in [-0.2, -0.15) is 0 Å². The normalized spacial score (nSPS) is 16.1. The van der Waals surface area contributed by atoms with E-state index in [0.29, 0.717) is 17.1 Å². The van der Waals surface area contributed by atoms with Crippen LogP contribution in [-0.2, 0) is 9.59 Å². The van der Waals surface area contributed by atoms with Crippen LogP contribution in [0.1, 0.15) is 12.0 Å². The molecule has 1 heterocycles. The number of carbonyl (C=O) groups excluding carboxylic acids is 3. The largest absolute Gasteiger partial charge is 0.550 e. The lowest BCUT2D eigenvalue weighted by atomic mass is 10.1. The smallest absolute Gasteiger partial charge is 0.293 e. The maximum absolute atomic E-state index is 12.2. The zero-order valence-corrected chi connectivity index (χ0v) is 13.3. The molecule has 1 fully saturated rings. The predicted molar refractivity (Wildman–Crippen MR) is 81.8 cm³/mol. The van der Waals surface area contributed by atoms with Gasteiger partial charge in [-0.15, -0.1) is 0 Å². The highest BCUT2D eigenvalue weighted by Crippen LogP contribution is 2.35. The number of rotatable bonds is 6. The molecular weight excluding hydrogens is 322 g/mol. The quantitative estimate of drug-likeness (QED) is 0.711. The summed E-state index contributed by atoms with van der Waals surface area (Å²) in [5.41, 5.74) is 0.581. The average Bonchev–Trinajstić information content (AvgIpc) is 2.79. The van der Waals surface area contributed by atoms with Crippen molar-refractivity contribution in [3.8, 4) is 11.5 Å². The Hall–Kier alpha value is -2.48. The molecule has 0 bridgehead atoms. The molecule has 0 unspecified atom stereocenters. The topological polar surface area (TPSA) is 96.0 Å². The first-order valence-electron chi connectivity index (χ1n) is 6.63. The molecule has 0 radical (unpaired) electrons. The number of carboxylic acid groups (broad SMARTS) is 1. The van der Waals surface area contributed by atoms with Crippen molar-refractivity contribution in [3.05, 3.63) is 28.7 Å². The van der Waals surface area contributed by atoms with Gasteiger partial charge in [0.2, 0.25) is 0 Å². The number of amides is 2. The number of thioether (sulfide) groups is 1. The van der Waals surface area contributed by atoms with Gasteiger partial charge in [0.25, 0.3) is 11.1 Å². The van der Waals surface area contributed by atoms with Crippen LogP contribution in [0, 0.1) is 0 Å². The molecule has 0 saturated carbocycles. The number of carboxylic acids is 1. The van der Waals surface area contributed by atoms with Gasteiger partial charge in [0.05, 0.1) is 19.1 Å². The van der Waals surface area contributed by atoms with Crippen molar-refractivity contribution in [3.63, 3.8) is 0 Å². The monoisotopic (exact) mass is 336 g/mol. The van der Waals surface area contributed by atoms with Crippen molar-refractivity contribution < 1.29 is 29.0 Å². The van der Waals surface area contributed by atoms with Crippen LogP contribution in [0.4, 0.5) is 4.79 Å². The molecule has 0 N–H and O–H groups in total. The molecule has 122 valence electrons. The van der Waals surface area contributed by atoms with Gasteiger partial charge in [-0.25, -0.2) is 0 Å². The third-order valence-electron chi connectivity index (χ3n) is 3.14. The maximum atomic E-state index is 12.2. The minimum Gasteiger partial charge on any atom is -0.550 e. The molecule has 1 aromatic carbocycles. The fourth-order valence-electron chi connectivity index (χ4n) is 1.99. The summed E-state index contributed by atoms with van der Waals surface area (Å²) in [5.74, 6) is -0.755. The fourth-order valence-corrected chi connectivity index (χ4v) is 2.85. The van der Waals surface area contributed by atoms with E-state index >= 15 is 0 Å². The Morgan fingerprint density at radius 3 is 2.65 bits per heavy atom. The number of aliphatic carboxylic acids is 1. The van der Waals surface area contributed by atoms with Gasteiger partial charge in [0, 0.05) is 24.5 Å². The number of nitrogens with zero attached hydrogens (tertiary/aromatic N) is 1. The highest BCUT2D eigenvalue weighted by atomic mass is 32.2. The van der Waals surface area contributed by atoms with Crippen molar-refractivity contribution in [2.45, 2.75) is 6.42 Å². The molecule has 8 heteroatoms. The van der Waals surface area contributed by atoms with Crippen molar-refractivity contribution in [2.24, 2.45) is 0 Å². The SMILES string of the molecule is COc1ccc(OC)c(/C=C2/SC(=O)N(CCC(=O)[O-])C2=O)c1. The average molecular weight is 336 g/mol. The van der Waals surface area contributed by atoms with Gasteiger partial charge < -0.3 is 19.4 Å². The van der Waals surface area contributed by atoms with Crippen molar-refractivity contribution in [1.29, 1.82) is 0 Å². The van der Waals surface area contributed by atoms with Crippen LogP contribution in [0.2, 0.25) is 0 Å². The lowest BCUT2D eigenvalue weighted by Crippen LogP contribution is -2.33. The van der Waals surface area contributed by atoms with Gasteiger partial charge in [0.1, 0.15) is 11.5 Å². The molecule has 23 heavy (non-hydrogen) atoms. The Kier molecular flexibility index (Phi) is 5.28. The summed E-state index contributed by atoms with van der Waals surface area (Å²) < 4.78 is 10.3. The number of hydrogen-bond donors (Lipinski definition) is 0. The van der Waals surface area contributed by atoms with E-state index in [1.807, 2.05) is 0 Å². The summed E-state index contributed by atoms with van der Waals surface area (Å²) in [6, 6.07) is 5.07. The van der Waals surface area contributed by atoms with Crippen LogP contribution < -0.4 is 14.6 Å². The number of benzene rings is 1. The second-order valence-electron chi connectivity index (χ2n) is 4.56. The van der Waals surface area contributed by atoms with Crippen LogP contribution in [0.25, 0.3) is 6.08 Å². The highest BCUT2D eigenvalue weighted by molar-refractivity contribution is 8.18. The Morgan fingerprint density at radius 1 is 1.30 bits per heavy atom. The predicted octanol–water partition coefficient (Wildman–Crippen LogP) is 0.880. The fraction of sp³-hybridized carbons (Fsp3) is 0.267. The van der Waals surface area contributed by atoms with E-state index in [2.05, 4.69) is 0 Å². The van der Waals surface area contributed by atoms with Gasteiger partial charge >= 0.3 is 0 Å². The number of methoxy groups -OCH3 is 2. The summed E-state index contributed by atoms with van der Waals surface area (Å²) in [6.45, 7) is -0.209. The van der Waals surface area contributed by atoms with Gasteiger partial charge in [-0.05, 0) is 36.0 Å². The van der Waals surface area contributed by atoms with E-state index in [1.54, 1.807) is 18.2 Å². The van der Waals surface area contributed by atoms with E-state index in [4.69, 9.17) is 9.47 Å². The first-order chi connectivity index (χ1) is 11.0. The lowest BCUT2D eigenvalue weighted by molar-refractivity contribution is -0.305. The summed E-state index contributed by atoms with van der Waals surface area (Å²) in [5, 5.41) is 9.97. The molecule has 1 aliphatic heterocycles. The molecule has 0 atom stereocenters. The molecule has 7 nitrogen and oxygen atoms in total. The van der Waals surface area contributed by atoms with Crippen molar-refractivity contribution >= 4 is 35.0 Å². The van der Waals surface area contributed by atoms with Crippen molar-refractivity contribution in [2.75, 3.05) is 20.8 Å². The van der Waals surface area contributed by atoms with E-state index in [1.165, 1.54) is 20.3 Å². The zero-order chi connectivity index (χ0) is 17.0. The molecule has 1 aromatic rings. The summed E-state index contributed by atoms with van der Waals surface area (Å²) in [6.07, 6.45) is 1.12. The molecule has 0 aliphatic carbocycles. The third kappa shape index (κ3) is 3.84. The maximum Gasteiger partial charge on any atom is 0.293 e. The standard InChI is InChI=1S/C15H15NO6S/c1-21-10-3-4-11(22-2)9(7-10)8-12-14(19)16(15(20)23-12)6-5-13(17)18/h3-4,7-8H,5-6H2,1-2H3,(H,17,18)/p-1/b12-8+. The summed E-state index contributed by atoms with van der Waals surface area (Å²) >= 11 is 0.750. The number of hydrogen-bond acceptors (Lipinski definition) is 7. The molecule has 2 rings (SSSR count). The van der Waals surface area contributed by atoms with E-state index < -0.39 is 23.5 Å². The summed E-state index contributed by atoms with van der Waals surface area (Å²) in [4.78, 5) is 35.6. The first kappa shape index (κ1) is 16.9. The molecule has 1 saturated heterocycles. The number of ether oxygens (including phenoxy) is 2. The Morgan fingerprint density at radius 2 is 2.04 bits per heavy atom. The van der Waals surface area contributed by atoms with E-state index in [-0.39, 0.29) is 11.4 Å². The Bertz CT molecular complexity index is 685. The molecule has 0 aromatic heterocycles. The Labute approximate surface area is 136 Å². The van der Waals surface area contributed by atoms with Gasteiger partial charge in [-0.3, -0.25) is 14.5 Å². The zero-order valence-electron chi connectivity index (χ0n) is 12.5. The van der Waals surface area contributed by atoms with E-state index in [0.717, 1.165) is 16.7 Å². The second kappa shape index (κ2) is 7.19. The van der Waals surface area contributed by atoms with Crippen LogP contribution in [0.5, 0.6) is 11.5 Å².